The fraction of sp³-hybridized carbons (Fsp3) is 0.826. The zero-order valence-corrected chi connectivity index (χ0v) is 18.5. The van der Waals surface area contributed by atoms with Crippen LogP contribution >= 0.6 is 0 Å². The normalized spacial score (nSPS) is 10.6. The first-order valence-corrected chi connectivity index (χ1v) is 11.5. The Morgan fingerprint density at radius 3 is 1.10 bits per heavy atom. The number of rotatable bonds is 18. The van der Waals surface area contributed by atoms with Crippen molar-refractivity contribution in [2.45, 2.75) is 123 Å². The zero-order valence-electron chi connectivity index (χ0n) is 18.5. The van der Waals surface area contributed by atoms with Crippen molar-refractivity contribution < 1.29 is 28.7 Å². The van der Waals surface area contributed by atoms with Crippen molar-refractivity contribution in [3.05, 3.63) is 0 Å². The molecule has 0 unspecified atom stereocenters. The first-order valence-electron chi connectivity index (χ1n) is 11.5. The highest BCUT2D eigenvalue weighted by molar-refractivity contribution is 5.99. The van der Waals surface area contributed by atoms with Gasteiger partial charge in [-0.15, -0.1) is 0 Å². The van der Waals surface area contributed by atoms with Crippen LogP contribution in [0.15, 0.2) is 0 Å². The fourth-order valence-electron chi connectivity index (χ4n) is 3.00. The van der Waals surface area contributed by atoms with Gasteiger partial charge in [0.1, 0.15) is 6.42 Å². The van der Waals surface area contributed by atoms with Gasteiger partial charge in [0.05, 0.1) is 0 Å². The van der Waals surface area contributed by atoms with Crippen molar-refractivity contribution in [2.24, 2.45) is 0 Å². The van der Waals surface area contributed by atoms with E-state index in [4.69, 9.17) is 0 Å². The van der Waals surface area contributed by atoms with Crippen LogP contribution in [0.4, 0.5) is 0 Å². The summed E-state index contributed by atoms with van der Waals surface area (Å²) in [5.41, 5.74) is 0. The van der Waals surface area contributed by atoms with Gasteiger partial charge < -0.3 is 9.47 Å². The van der Waals surface area contributed by atoms with Crippen molar-refractivity contribution in [1.82, 2.24) is 0 Å². The third kappa shape index (κ3) is 19.4. The Balaban J connectivity index is 3.70. The molecule has 0 spiro atoms. The Hall–Kier alpha value is -1.72. The quantitative estimate of drug-likeness (QED) is 0.161. The molecule has 0 rings (SSSR count). The molecule has 0 fully saturated rings. The predicted molar refractivity (Wildman–Crippen MR) is 112 cm³/mol. The molecular weight excluding hydrogens is 372 g/mol. The number of hydrogen-bond acceptors (Lipinski definition) is 6. The molecule has 0 atom stereocenters. The number of esters is 4. The molecule has 0 N–H and O–H groups in total. The molecule has 0 aliphatic heterocycles. The molecule has 0 aromatic carbocycles. The fourth-order valence-corrected chi connectivity index (χ4v) is 3.00. The van der Waals surface area contributed by atoms with Crippen LogP contribution in [0.2, 0.25) is 0 Å². The first kappa shape index (κ1) is 27.3. The Kier molecular flexibility index (Phi) is 18.4. The zero-order chi connectivity index (χ0) is 21.7. The molecule has 0 amide bonds. The number of carbonyl (C=O) groups excluding carboxylic acids is 4. The molecule has 0 aromatic heterocycles. The van der Waals surface area contributed by atoms with Crippen LogP contribution in [0.5, 0.6) is 0 Å². The smallest absolute Gasteiger partial charge is 0.324 e. The van der Waals surface area contributed by atoms with Gasteiger partial charge in [-0.2, -0.15) is 0 Å². The van der Waals surface area contributed by atoms with E-state index in [2.05, 4.69) is 23.3 Å². The van der Waals surface area contributed by atoms with Gasteiger partial charge in [0.2, 0.25) is 0 Å². The molecule has 29 heavy (non-hydrogen) atoms. The highest BCUT2D eigenvalue weighted by atomic mass is 16.6. The molecule has 0 aliphatic rings. The van der Waals surface area contributed by atoms with Crippen LogP contribution in [-0.2, 0) is 28.7 Å². The molecule has 0 aromatic rings. The lowest BCUT2D eigenvalue weighted by atomic mass is 10.1. The maximum atomic E-state index is 11.6. The second-order valence-electron chi connectivity index (χ2n) is 7.61. The Bertz CT molecular complexity index is 430. The summed E-state index contributed by atoms with van der Waals surface area (Å²) in [4.78, 5) is 46.4. The third-order valence-electron chi connectivity index (χ3n) is 4.71. The van der Waals surface area contributed by atoms with Crippen molar-refractivity contribution in [3.8, 4) is 0 Å². The Labute approximate surface area is 176 Å². The van der Waals surface area contributed by atoms with E-state index < -0.39 is 30.3 Å². The van der Waals surface area contributed by atoms with E-state index in [-0.39, 0.29) is 12.8 Å². The lowest BCUT2D eigenvalue weighted by molar-refractivity contribution is -0.165. The summed E-state index contributed by atoms with van der Waals surface area (Å²) >= 11 is 0. The van der Waals surface area contributed by atoms with E-state index in [1.54, 1.807) is 0 Å². The summed E-state index contributed by atoms with van der Waals surface area (Å²) < 4.78 is 9.21. The summed E-state index contributed by atoms with van der Waals surface area (Å²) in [6.07, 6.45) is 14.5. The van der Waals surface area contributed by atoms with Crippen LogP contribution in [0.25, 0.3) is 0 Å². The van der Waals surface area contributed by atoms with E-state index >= 15 is 0 Å². The van der Waals surface area contributed by atoms with Crippen molar-refractivity contribution >= 4 is 23.9 Å². The monoisotopic (exact) mass is 412 g/mol. The summed E-state index contributed by atoms with van der Waals surface area (Å²) in [5, 5.41) is 0. The van der Waals surface area contributed by atoms with Crippen molar-refractivity contribution in [1.29, 1.82) is 0 Å². The molecule has 6 nitrogen and oxygen atoms in total. The van der Waals surface area contributed by atoms with Crippen molar-refractivity contribution in [2.75, 3.05) is 0 Å². The van der Waals surface area contributed by atoms with Crippen LogP contribution < -0.4 is 0 Å². The van der Waals surface area contributed by atoms with E-state index in [0.717, 1.165) is 38.5 Å². The minimum absolute atomic E-state index is 0.158. The lowest BCUT2D eigenvalue weighted by Crippen LogP contribution is -2.19. The van der Waals surface area contributed by atoms with Crippen LogP contribution in [-0.4, -0.2) is 23.9 Å². The SMILES string of the molecule is CCCCCCCCCC(=O)OC(=O)CC(=O)OC(=O)CCCCCCCCC. The topological polar surface area (TPSA) is 86.7 Å². The average molecular weight is 413 g/mol. The van der Waals surface area contributed by atoms with Gasteiger partial charge in [-0.1, -0.05) is 90.9 Å². The van der Waals surface area contributed by atoms with Gasteiger partial charge >= 0.3 is 23.9 Å². The van der Waals surface area contributed by atoms with Gasteiger partial charge in [0.25, 0.3) is 0 Å². The van der Waals surface area contributed by atoms with Gasteiger partial charge in [-0.3, -0.25) is 19.2 Å². The van der Waals surface area contributed by atoms with E-state index in [0.29, 0.717) is 12.8 Å². The second kappa shape index (κ2) is 19.6. The lowest BCUT2D eigenvalue weighted by Gasteiger charge is -2.04. The summed E-state index contributed by atoms with van der Waals surface area (Å²) in [6, 6.07) is 0. The van der Waals surface area contributed by atoms with E-state index in [1.165, 1.54) is 38.5 Å². The summed E-state index contributed by atoms with van der Waals surface area (Å²) in [6.45, 7) is 4.32. The van der Waals surface area contributed by atoms with Gasteiger partial charge in [-0.25, -0.2) is 0 Å². The highest BCUT2D eigenvalue weighted by Gasteiger charge is 2.18. The number of ether oxygens (including phenoxy) is 2. The molecule has 0 bridgehead atoms. The van der Waals surface area contributed by atoms with Crippen LogP contribution in [0.1, 0.15) is 123 Å². The molecular formula is C23H40O6. The molecule has 168 valence electrons. The molecule has 0 saturated carbocycles. The van der Waals surface area contributed by atoms with Crippen LogP contribution in [0, 0.1) is 0 Å². The van der Waals surface area contributed by atoms with E-state index in [9.17, 15) is 19.2 Å². The number of unbranched alkanes of at least 4 members (excludes halogenated alkanes) is 12. The Morgan fingerprint density at radius 1 is 0.448 bits per heavy atom. The maximum absolute atomic E-state index is 11.6. The standard InChI is InChI=1S/C23H40O6/c1-3-5-7-9-11-13-15-17-20(24)28-22(26)19-23(27)29-21(25)18-16-14-12-10-8-6-4-2/h3-19H2,1-2H3. The summed E-state index contributed by atoms with van der Waals surface area (Å²) in [7, 11) is 0. The average Bonchev–Trinajstić information content (AvgIpc) is 2.66. The van der Waals surface area contributed by atoms with Crippen molar-refractivity contribution in [3.63, 3.8) is 0 Å². The second-order valence-corrected chi connectivity index (χ2v) is 7.61. The molecule has 0 heterocycles. The number of carbonyl (C=O) groups is 4. The maximum Gasteiger partial charge on any atom is 0.324 e. The van der Waals surface area contributed by atoms with Crippen LogP contribution in [0.3, 0.4) is 0 Å². The first-order chi connectivity index (χ1) is 14.0. The molecule has 6 heteroatoms. The number of hydrogen-bond donors (Lipinski definition) is 0. The van der Waals surface area contributed by atoms with Gasteiger partial charge in [0.15, 0.2) is 0 Å². The van der Waals surface area contributed by atoms with Gasteiger partial charge in [-0.05, 0) is 12.8 Å². The van der Waals surface area contributed by atoms with Gasteiger partial charge in [0, 0.05) is 12.8 Å². The molecule has 0 saturated heterocycles. The largest absolute Gasteiger partial charge is 0.393 e. The van der Waals surface area contributed by atoms with E-state index in [1.807, 2.05) is 0 Å². The molecule has 0 radical (unpaired) electrons. The predicted octanol–water partition coefficient (Wildman–Crippen LogP) is 5.80. The minimum atomic E-state index is -0.966. The minimum Gasteiger partial charge on any atom is -0.393 e. The Morgan fingerprint density at radius 2 is 0.759 bits per heavy atom. The highest BCUT2D eigenvalue weighted by Crippen LogP contribution is 2.10. The summed E-state index contributed by atoms with van der Waals surface area (Å²) in [5.74, 6) is -3.20. The molecule has 0 aliphatic carbocycles. The third-order valence-corrected chi connectivity index (χ3v) is 4.71.